The average molecular weight is 453 g/mol. The van der Waals surface area contributed by atoms with Gasteiger partial charge < -0.3 is 10.1 Å². The topological polar surface area (TPSA) is 98.5 Å². The van der Waals surface area contributed by atoms with Crippen LogP contribution in [0.5, 0.6) is 0 Å². The van der Waals surface area contributed by atoms with E-state index in [0.29, 0.717) is 34.0 Å². The molecule has 1 aliphatic carbocycles. The maximum Gasteiger partial charge on any atom is 0.336 e. The van der Waals surface area contributed by atoms with Crippen molar-refractivity contribution >= 4 is 29.0 Å². The highest BCUT2D eigenvalue weighted by Crippen LogP contribution is 2.46. The maximum atomic E-state index is 13.4. The van der Waals surface area contributed by atoms with E-state index in [0.717, 1.165) is 5.56 Å². The molecular weight excluding hydrogens is 432 g/mol. The molecular formula is C24H21ClN2O5. The molecule has 1 N–H and O–H groups in total. The normalized spacial score (nSPS) is 20.5. The number of methoxy groups -OCH3 is 1. The van der Waals surface area contributed by atoms with Gasteiger partial charge in [-0.3, -0.25) is 14.9 Å². The lowest BCUT2D eigenvalue weighted by Crippen LogP contribution is -2.36. The van der Waals surface area contributed by atoms with Gasteiger partial charge in [-0.25, -0.2) is 4.79 Å². The van der Waals surface area contributed by atoms with Crippen LogP contribution in [0.3, 0.4) is 0 Å². The summed E-state index contributed by atoms with van der Waals surface area (Å²) >= 11 is 6.38. The number of rotatable bonds is 4. The lowest BCUT2D eigenvalue weighted by molar-refractivity contribution is -0.384. The van der Waals surface area contributed by atoms with Gasteiger partial charge in [0, 0.05) is 46.5 Å². The number of hydrogen-bond acceptors (Lipinski definition) is 6. The van der Waals surface area contributed by atoms with Crippen LogP contribution in [0.15, 0.2) is 71.1 Å². The van der Waals surface area contributed by atoms with E-state index in [9.17, 15) is 19.7 Å². The third-order valence-corrected chi connectivity index (χ3v) is 6.34. The molecule has 0 fully saturated rings. The van der Waals surface area contributed by atoms with Crippen molar-refractivity contribution in [3.05, 3.63) is 97.3 Å². The molecule has 2 atom stereocenters. The molecule has 2 aromatic rings. The van der Waals surface area contributed by atoms with Gasteiger partial charge in [0.25, 0.3) is 5.69 Å². The summed E-state index contributed by atoms with van der Waals surface area (Å²) < 4.78 is 4.99. The molecule has 0 radical (unpaired) electrons. The Morgan fingerprint density at radius 3 is 2.62 bits per heavy atom. The second kappa shape index (κ2) is 8.59. The summed E-state index contributed by atoms with van der Waals surface area (Å²) in [5.74, 6) is -1.58. The van der Waals surface area contributed by atoms with Crippen molar-refractivity contribution in [2.75, 3.05) is 7.11 Å². The van der Waals surface area contributed by atoms with E-state index in [1.165, 1.54) is 19.2 Å². The Hall–Kier alpha value is -3.45. The highest BCUT2D eigenvalue weighted by molar-refractivity contribution is 6.31. The van der Waals surface area contributed by atoms with E-state index in [1.807, 2.05) is 18.2 Å². The molecule has 0 aromatic heterocycles. The number of halogens is 1. The fourth-order valence-electron chi connectivity index (χ4n) is 4.60. The SMILES string of the molecule is COC(=O)C1=C(C)NC2=C(C(=O)CC(c3ccccc3Cl)C2)C1c1cccc([N+](=O)[O-])c1. The van der Waals surface area contributed by atoms with Crippen LogP contribution >= 0.6 is 11.6 Å². The van der Waals surface area contributed by atoms with E-state index >= 15 is 0 Å². The Kier molecular flexibility index (Phi) is 5.84. The fourth-order valence-corrected chi connectivity index (χ4v) is 4.89. The van der Waals surface area contributed by atoms with Crippen LogP contribution in [-0.2, 0) is 14.3 Å². The Balaban J connectivity index is 1.85. The number of nitrogens with one attached hydrogen (secondary N) is 1. The summed E-state index contributed by atoms with van der Waals surface area (Å²) in [5.41, 5.74) is 3.26. The van der Waals surface area contributed by atoms with Gasteiger partial charge in [0.2, 0.25) is 0 Å². The monoisotopic (exact) mass is 452 g/mol. The summed E-state index contributed by atoms with van der Waals surface area (Å²) in [6.07, 6.45) is 0.755. The number of nitro benzene ring substituents is 1. The molecule has 8 heteroatoms. The maximum absolute atomic E-state index is 13.4. The summed E-state index contributed by atoms with van der Waals surface area (Å²) in [4.78, 5) is 37.0. The quantitative estimate of drug-likeness (QED) is 0.407. The number of esters is 1. The number of carbonyl (C=O) groups is 2. The molecule has 2 aliphatic rings. The van der Waals surface area contributed by atoms with Crippen molar-refractivity contribution in [1.29, 1.82) is 0 Å². The molecule has 0 saturated heterocycles. The summed E-state index contributed by atoms with van der Waals surface area (Å²) in [6.45, 7) is 1.74. The zero-order chi connectivity index (χ0) is 23.0. The summed E-state index contributed by atoms with van der Waals surface area (Å²) in [7, 11) is 1.27. The highest BCUT2D eigenvalue weighted by atomic mass is 35.5. The van der Waals surface area contributed by atoms with Crippen molar-refractivity contribution in [2.45, 2.75) is 31.6 Å². The van der Waals surface area contributed by atoms with Crippen molar-refractivity contribution in [3.8, 4) is 0 Å². The number of hydrogen-bond donors (Lipinski definition) is 1. The number of allylic oxidation sites excluding steroid dienone is 3. The van der Waals surface area contributed by atoms with Crippen LogP contribution in [0.1, 0.15) is 42.7 Å². The molecule has 164 valence electrons. The number of ketones is 1. The molecule has 0 spiro atoms. The van der Waals surface area contributed by atoms with Crippen LogP contribution in [0.2, 0.25) is 5.02 Å². The third kappa shape index (κ3) is 3.80. The van der Waals surface area contributed by atoms with Crippen LogP contribution < -0.4 is 5.32 Å². The molecule has 2 unspecified atom stereocenters. The lowest BCUT2D eigenvalue weighted by atomic mass is 9.71. The first kappa shape index (κ1) is 21.8. The molecule has 1 heterocycles. The number of benzene rings is 2. The molecule has 4 rings (SSSR count). The molecule has 32 heavy (non-hydrogen) atoms. The minimum Gasteiger partial charge on any atom is -0.466 e. The highest BCUT2D eigenvalue weighted by Gasteiger charge is 2.41. The molecule has 7 nitrogen and oxygen atoms in total. The first-order valence-electron chi connectivity index (χ1n) is 10.1. The molecule has 0 saturated carbocycles. The smallest absolute Gasteiger partial charge is 0.336 e. The number of Topliss-reactive ketones (excluding diaryl/α,β-unsaturated/α-hetero) is 1. The van der Waals surface area contributed by atoms with Crippen molar-refractivity contribution in [2.24, 2.45) is 0 Å². The standard InChI is InChI=1S/C24H21ClN2O5/c1-13-21(24(29)32-2)22(14-6-5-7-16(10-14)27(30)31)23-19(26-13)11-15(12-20(23)28)17-8-3-4-9-18(17)25/h3-10,15,22,26H,11-12H2,1-2H3. The van der Waals surface area contributed by atoms with E-state index < -0.39 is 16.8 Å². The van der Waals surface area contributed by atoms with Gasteiger partial charge in [-0.1, -0.05) is 41.9 Å². The van der Waals surface area contributed by atoms with Crippen molar-refractivity contribution < 1.29 is 19.2 Å². The zero-order valence-electron chi connectivity index (χ0n) is 17.6. The van der Waals surface area contributed by atoms with E-state index in [-0.39, 0.29) is 29.4 Å². The molecule has 0 amide bonds. The lowest BCUT2D eigenvalue weighted by Gasteiger charge is -2.36. The molecule has 2 aromatic carbocycles. The fraction of sp³-hybridized carbons (Fsp3) is 0.250. The Labute approximate surface area is 189 Å². The molecule has 1 aliphatic heterocycles. The summed E-state index contributed by atoms with van der Waals surface area (Å²) in [6, 6.07) is 13.5. The van der Waals surface area contributed by atoms with Gasteiger partial charge in [-0.15, -0.1) is 0 Å². The molecule has 0 bridgehead atoms. The Bertz CT molecular complexity index is 1200. The number of dihydropyridines is 1. The second-order valence-electron chi connectivity index (χ2n) is 7.88. The Morgan fingerprint density at radius 2 is 1.94 bits per heavy atom. The first-order chi connectivity index (χ1) is 15.3. The number of nitrogens with zero attached hydrogens (tertiary/aromatic N) is 1. The number of nitro groups is 1. The van der Waals surface area contributed by atoms with Crippen LogP contribution in [0, 0.1) is 10.1 Å². The predicted octanol–water partition coefficient (Wildman–Crippen LogP) is 4.78. The van der Waals surface area contributed by atoms with Gasteiger partial charge in [0.15, 0.2) is 5.78 Å². The van der Waals surface area contributed by atoms with Crippen LogP contribution in [0.4, 0.5) is 5.69 Å². The minimum absolute atomic E-state index is 0.109. The predicted molar refractivity (Wildman–Crippen MR) is 119 cm³/mol. The van der Waals surface area contributed by atoms with E-state index in [1.54, 1.807) is 25.1 Å². The van der Waals surface area contributed by atoms with Crippen molar-refractivity contribution in [1.82, 2.24) is 5.32 Å². The number of non-ortho nitro benzene ring substituents is 1. The van der Waals surface area contributed by atoms with Crippen LogP contribution in [0.25, 0.3) is 0 Å². The van der Waals surface area contributed by atoms with E-state index in [4.69, 9.17) is 16.3 Å². The van der Waals surface area contributed by atoms with Crippen LogP contribution in [-0.4, -0.2) is 23.8 Å². The largest absolute Gasteiger partial charge is 0.466 e. The van der Waals surface area contributed by atoms with Crippen molar-refractivity contribution in [3.63, 3.8) is 0 Å². The second-order valence-corrected chi connectivity index (χ2v) is 8.29. The number of carbonyl (C=O) groups excluding carboxylic acids is 2. The van der Waals surface area contributed by atoms with Gasteiger partial charge in [0.1, 0.15) is 0 Å². The zero-order valence-corrected chi connectivity index (χ0v) is 18.3. The van der Waals surface area contributed by atoms with E-state index in [2.05, 4.69) is 5.32 Å². The van der Waals surface area contributed by atoms with Gasteiger partial charge in [-0.2, -0.15) is 0 Å². The Morgan fingerprint density at radius 1 is 1.19 bits per heavy atom. The van der Waals surface area contributed by atoms with Gasteiger partial charge >= 0.3 is 5.97 Å². The van der Waals surface area contributed by atoms with Gasteiger partial charge in [-0.05, 0) is 36.5 Å². The number of ether oxygens (including phenoxy) is 1. The third-order valence-electron chi connectivity index (χ3n) is 5.99. The van der Waals surface area contributed by atoms with Gasteiger partial charge in [0.05, 0.1) is 17.6 Å². The first-order valence-corrected chi connectivity index (χ1v) is 10.5. The average Bonchev–Trinajstić information content (AvgIpc) is 2.77. The summed E-state index contributed by atoms with van der Waals surface area (Å²) in [5, 5.41) is 15.2. The minimum atomic E-state index is -0.752.